The Morgan fingerprint density at radius 3 is 2.53 bits per heavy atom. The fourth-order valence-electron chi connectivity index (χ4n) is 1.67. The highest BCUT2D eigenvalue weighted by molar-refractivity contribution is 8.15. The minimum atomic E-state index is -1.43. The van der Waals surface area contributed by atoms with Gasteiger partial charge in [0.2, 0.25) is 0 Å². The number of aliphatic hydroxyl groups excluding tert-OH is 4. The number of hydrazone groups is 1. The maximum absolute atomic E-state index is 9.91. The Kier molecular flexibility index (Phi) is 4.78. The summed E-state index contributed by atoms with van der Waals surface area (Å²) in [5, 5.41) is 41.8. The molecule has 0 radical (unpaired) electrons. The van der Waals surface area contributed by atoms with Gasteiger partial charge in [0, 0.05) is 5.56 Å². The van der Waals surface area contributed by atoms with Gasteiger partial charge in [-0.25, -0.2) is 0 Å². The molecule has 6 nitrogen and oxygen atoms in total. The molecule has 0 fully saturated rings. The first-order valence-electron chi connectivity index (χ1n) is 5.84. The van der Waals surface area contributed by atoms with Crippen LogP contribution in [-0.2, 0) is 0 Å². The molecule has 0 aromatic heterocycles. The summed E-state index contributed by atoms with van der Waals surface area (Å²) in [4.78, 5) is 0. The number of rotatable bonds is 5. The highest BCUT2D eigenvalue weighted by Crippen LogP contribution is 2.26. The Labute approximate surface area is 114 Å². The highest BCUT2D eigenvalue weighted by atomic mass is 32.2. The van der Waals surface area contributed by atoms with Crippen LogP contribution in [0.2, 0.25) is 0 Å². The van der Waals surface area contributed by atoms with Crippen molar-refractivity contribution in [3.8, 4) is 0 Å². The molecule has 0 saturated heterocycles. The van der Waals surface area contributed by atoms with Crippen LogP contribution in [0, 0.1) is 0 Å². The first-order chi connectivity index (χ1) is 9.13. The smallest absolute Gasteiger partial charge is 0.125 e. The Morgan fingerprint density at radius 2 is 1.89 bits per heavy atom. The van der Waals surface area contributed by atoms with Gasteiger partial charge in [-0.3, -0.25) is 5.43 Å². The van der Waals surface area contributed by atoms with Crippen LogP contribution in [0.4, 0.5) is 0 Å². The van der Waals surface area contributed by atoms with Gasteiger partial charge in [0.05, 0.1) is 6.61 Å². The van der Waals surface area contributed by atoms with Crippen LogP contribution in [0.5, 0.6) is 0 Å². The molecule has 1 aromatic carbocycles. The number of aliphatic hydroxyl groups is 4. The van der Waals surface area contributed by atoms with Crippen molar-refractivity contribution in [2.45, 2.75) is 23.7 Å². The summed E-state index contributed by atoms with van der Waals surface area (Å²) in [7, 11) is 0. The molecule has 5 N–H and O–H groups in total. The van der Waals surface area contributed by atoms with Crippen molar-refractivity contribution in [3.05, 3.63) is 35.9 Å². The molecule has 104 valence electrons. The minimum absolute atomic E-state index is 0.564. The molecule has 1 aliphatic rings. The van der Waals surface area contributed by atoms with Gasteiger partial charge >= 0.3 is 0 Å². The number of hydrogen-bond acceptors (Lipinski definition) is 7. The molecule has 0 spiro atoms. The minimum Gasteiger partial charge on any atom is -0.394 e. The Morgan fingerprint density at radius 1 is 1.21 bits per heavy atom. The summed E-state index contributed by atoms with van der Waals surface area (Å²) in [6.45, 7) is -0.609. The van der Waals surface area contributed by atoms with Crippen molar-refractivity contribution in [1.82, 2.24) is 5.43 Å². The Balaban J connectivity index is 1.97. The van der Waals surface area contributed by atoms with Gasteiger partial charge in [-0.2, -0.15) is 5.10 Å². The summed E-state index contributed by atoms with van der Waals surface area (Å²) < 4.78 is 0. The van der Waals surface area contributed by atoms with Crippen molar-refractivity contribution in [3.63, 3.8) is 0 Å². The van der Waals surface area contributed by atoms with Crippen molar-refractivity contribution >= 4 is 16.8 Å². The Bertz CT molecular complexity index is 443. The molecule has 7 heteroatoms. The van der Waals surface area contributed by atoms with Crippen molar-refractivity contribution < 1.29 is 20.4 Å². The number of nitrogens with zero attached hydrogens (tertiary/aromatic N) is 1. The Hall–Kier alpha value is -1.12. The van der Waals surface area contributed by atoms with E-state index < -0.39 is 30.3 Å². The molecule has 2 rings (SSSR count). The van der Waals surface area contributed by atoms with Gasteiger partial charge in [0.1, 0.15) is 28.7 Å². The van der Waals surface area contributed by atoms with E-state index in [0.29, 0.717) is 5.04 Å². The lowest BCUT2D eigenvalue weighted by Gasteiger charge is -2.25. The first-order valence-corrected chi connectivity index (χ1v) is 6.72. The van der Waals surface area contributed by atoms with E-state index >= 15 is 0 Å². The van der Waals surface area contributed by atoms with E-state index in [0.717, 1.165) is 5.56 Å². The summed E-state index contributed by atoms with van der Waals surface area (Å²) >= 11 is 1.26. The topological polar surface area (TPSA) is 105 Å². The summed E-state index contributed by atoms with van der Waals surface area (Å²) in [6.07, 6.45) is -4.05. The van der Waals surface area contributed by atoms with E-state index in [4.69, 9.17) is 5.11 Å². The molecule has 19 heavy (non-hydrogen) atoms. The van der Waals surface area contributed by atoms with Crippen LogP contribution < -0.4 is 5.43 Å². The van der Waals surface area contributed by atoms with Crippen LogP contribution in [0.15, 0.2) is 35.4 Å². The third-order valence-corrected chi connectivity index (χ3v) is 3.98. The van der Waals surface area contributed by atoms with Crippen LogP contribution in [0.25, 0.3) is 0 Å². The quantitative estimate of drug-likeness (QED) is 0.479. The molecular formula is C12H16N2O4S. The predicted octanol–water partition coefficient (Wildman–Crippen LogP) is -0.914. The van der Waals surface area contributed by atoms with Crippen molar-refractivity contribution in [2.75, 3.05) is 6.61 Å². The van der Waals surface area contributed by atoms with Gasteiger partial charge < -0.3 is 20.4 Å². The van der Waals surface area contributed by atoms with Crippen LogP contribution in [0.3, 0.4) is 0 Å². The van der Waals surface area contributed by atoms with Gasteiger partial charge in [-0.1, -0.05) is 42.1 Å². The van der Waals surface area contributed by atoms with E-state index in [1.165, 1.54) is 11.8 Å². The van der Waals surface area contributed by atoms with Crippen molar-refractivity contribution in [2.24, 2.45) is 5.10 Å². The molecule has 1 heterocycles. The largest absolute Gasteiger partial charge is 0.394 e. The molecule has 0 unspecified atom stereocenters. The highest BCUT2D eigenvalue weighted by Gasteiger charge is 2.35. The lowest BCUT2D eigenvalue weighted by Crippen LogP contribution is -2.47. The van der Waals surface area contributed by atoms with E-state index in [-0.39, 0.29) is 0 Å². The zero-order valence-corrected chi connectivity index (χ0v) is 10.9. The summed E-state index contributed by atoms with van der Waals surface area (Å²) in [5.41, 5.74) is 3.62. The van der Waals surface area contributed by atoms with E-state index in [9.17, 15) is 15.3 Å². The maximum atomic E-state index is 9.91. The van der Waals surface area contributed by atoms with E-state index in [1.807, 2.05) is 30.3 Å². The third kappa shape index (κ3) is 3.26. The van der Waals surface area contributed by atoms with Gasteiger partial charge in [0.15, 0.2) is 0 Å². The molecule has 0 aliphatic carbocycles. The van der Waals surface area contributed by atoms with Crippen LogP contribution in [0.1, 0.15) is 5.56 Å². The number of hydrogen-bond donors (Lipinski definition) is 5. The number of thioether (sulfide) groups is 1. The lowest BCUT2D eigenvalue weighted by molar-refractivity contribution is -0.0779. The fraction of sp³-hybridized carbons (Fsp3) is 0.417. The second-order valence-corrected chi connectivity index (χ2v) is 5.31. The zero-order valence-electron chi connectivity index (χ0n) is 10.0. The van der Waals surface area contributed by atoms with Crippen LogP contribution >= 0.6 is 11.8 Å². The number of nitrogens with one attached hydrogen (secondary N) is 1. The predicted molar refractivity (Wildman–Crippen MR) is 72.6 cm³/mol. The molecule has 1 aromatic rings. The monoisotopic (exact) mass is 284 g/mol. The first kappa shape index (κ1) is 14.3. The lowest BCUT2D eigenvalue weighted by atomic mass is 10.1. The summed E-state index contributed by atoms with van der Waals surface area (Å²) in [5.74, 6) is 0. The van der Waals surface area contributed by atoms with Gasteiger partial charge in [0.25, 0.3) is 0 Å². The van der Waals surface area contributed by atoms with Gasteiger partial charge in [-0.15, -0.1) is 0 Å². The van der Waals surface area contributed by atoms with E-state index in [2.05, 4.69) is 10.5 Å². The fourth-order valence-corrected chi connectivity index (χ4v) is 2.69. The van der Waals surface area contributed by atoms with Crippen LogP contribution in [-0.4, -0.2) is 55.8 Å². The maximum Gasteiger partial charge on any atom is 0.125 e. The zero-order chi connectivity index (χ0) is 13.8. The second kappa shape index (κ2) is 6.36. The SMILES string of the molecule is OC[C@H](O)[C@H](O)[C@@H](O)[C@H]1NN=C(c2ccccc2)S1. The molecule has 4 atom stereocenters. The van der Waals surface area contributed by atoms with E-state index in [1.54, 1.807) is 0 Å². The average Bonchev–Trinajstić information content (AvgIpc) is 2.95. The number of benzene rings is 1. The molecule has 1 aliphatic heterocycles. The standard InChI is InChI=1S/C12H16N2O4S/c15-6-8(16)9(17)10(18)12-14-13-11(19-12)7-4-2-1-3-5-7/h1-5,8-10,12,14-18H,6H2/t8-,9-,10+,12-/m0/s1. The third-order valence-electron chi connectivity index (χ3n) is 2.79. The molecule has 0 bridgehead atoms. The summed E-state index contributed by atoms with van der Waals surface area (Å²) in [6, 6.07) is 9.44. The molecule has 0 amide bonds. The normalized spacial score (nSPS) is 23.4. The molecular weight excluding hydrogens is 268 g/mol. The average molecular weight is 284 g/mol. The molecule has 0 saturated carbocycles. The van der Waals surface area contributed by atoms with Gasteiger partial charge in [-0.05, 0) is 0 Å². The van der Waals surface area contributed by atoms with Crippen molar-refractivity contribution in [1.29, 1.82) is 0 Å². The second-order valence-electron chi connectivity index (χ2n) is 4.18.